The number of amides is 2. The van der Waals surface area contributed by atoms with Crippen LogP contribution in [0.25, 0.3) is 11.3 Å². The Bertz CT molecular complexity index is 1730. The summed E-state index contributed by atoms with van der Waals surface area (Å²) in [5.74, 6) is -0.963. The number of aliphatic imine (C=N–C) groups is 1. The molecule has 0 saturated carbocycles. The maximum Gasteiger partial charge on any atom is 0.573 e. The standard InChI is InChI=1S/C29H28F3N5O5S/c1-18-16-20(26(38)36(2)3)10-11-22(18)23-8-5-9-24(33-23)43(40,41)37-14-12-28(13-15-37)27(39)34-25(35-28)19-6-4-7-21(17-19)42-29(30,31)32/h4-11,16-17H,12-15H2,1-3H3,(H,34,35,39). The molecule has 43 heavy (non-hydrogen) atoms. The topological polar surface area (TPSA) is 121 Å². The lowest BCUT2D eigenvalue weighted by Crippen LogP contribution is -2.50. The number of aromatic nitrogens is 1. The van der Waals surface area contributed by atoms with E-state index in [0.29, 0.717) is 16.8 Å². The van der Waals surface area contributed by atoms with Crippen molar-refractivity contribution in [1.82, 2.24) is 19.5 Å². The van der Waals surface area contributed by atoms with Gasteiger partial charge in [0.05, 0.1) is 5.69 Å². The number of sulfonamides is 1. The Kier molecular flexibility index (Phi) is 7.77. The highest BCUT2D eigenvalue weighted by molar-refractivity contribution is 7.89. The van der Waals surface area contributed by atoms with Crippen LogP contribution in [0.3, 0.4) is 0 Å². The second-order valence-corrected chi connectivity index (χ2v) is 12.4. The first kappa shape index (κ1) is 30.2. The monoisotopic (exact) mass is 615 g/mol. The van der Waals surface area contributed by atoms with Gasteiger partial charge in [-0.2, -0.15) is 4.31 Å². The van der Waals surface area contributed by atoms with E-state index in [0.717, 1.165) is 17.7 Å². The molecular formula is C29H28F3N5O5S. The fourth-order valence-corrected chi connectivity index (χ4v) is 6.50. The number of carbonyl (C=O) groups excluding carboxylic acids is 2. The van der Waals surface area contributed by atoms with Gasteiger partial charge in [-0.3, -0.25) is 14.6 Å². The number of hydrogen-bond donors (Lipinski definition) is 1. The predicted molar refractivity (Wildman–Crippen MR) is 151 cm³/mol. The molecule has 0 aliphatic carbocycles. The molecule has 3 aromatic rings. The number of halogens is 3. The molecule has 14 heteroatoms. The molecule has 1 saturated heterocycles. The van der Waals surface area contributed by atoms with Gasteiger partial charge in [-0.15, -0.1) is 13.2 Å². The summed E-state index contributed by atoms with van der Waals surface area (Å²) in [5, 5.41) is 2.47. The molecule has 2 aliphatic heterocycles. The Labute approximate surface area is 246 Å². The number of rotatable bonds is 6. The SMILES string of the molecule is Cc1cc(C(=O)N(C)C)ccc1-c1cccc(S(=O)(=O)N2CCC3(CC2)N=C(c2cccc(OC(F)(F)F)c2)NC3=O)n1. The Balaban J connectivity index is 1.33. The van der Waals surface area contributed by atoms with E-state index in [4.69, 9.17) is 0 Å². The molecule has 226 valence electrons. The van der Waals surface area contributed by atoms with Crippen molar-refractivity contribution < 1.29 is 35.9 Å². The van der Waals surface area contributed by atoms with E-state index < -0.39 is 33.6 Å². The van der Waals surface area contributed by atoms with Crippen molar-refractivity contribution in [3.05, 3.63) is 77.4 Å². The molecule has 2 amide bonds. The van der Waals surface area contributed by atoms with Crippen LogP contribution in [0, 0.1) is 6.92 Å². The summed E-state index contributed by atoms with van der Waals surface area (Å²) >= 11 is 0. The van der Waals surface area contributed by atoms with Gasteiger partial charge >= 0.3 is 6.36 Å². The number of alkyl halides is 3. The zero-order chi connectivity index (χ0) is 31.2. The van der Waals surface area contributed by atoms with Gasteiger partial charge in [-0.05, 0) is 61.7 Å². The largest absolute Gasteiger partial charge is 0.573 e. The molecule has 0 atom stereocenters. The summed E-state index contributed by atoms with van der Waals surface area (Å²) in [6, 6.07) is 14.9. The Morgan fingerprint density at radius 3 is 2.40 bits per heavy atom. The van der Waals surface area contributed by atoms with Crippen LogP contribution in [0.15, 0.2) is 70.7 Å². The number of amidine groups is 1. The van der Waals surface area contributed by atoms with Gasteiger partial charge in [0.1, 0.15) is 17.1 Å². The lowest BCUT2D eigenvalue weighted by Gasteiger charge is -2.34. The number of carbonyl (C=O) groups is 2. The van der Waals surface area contributed by atoms with Crippen molar-refractivity contribution in [2.24, 2.45) is 4.99 Å². The molecular weight excluding hydrogens is 587 g/mol. The second kappa shape index (κ2) is 11.1. The van der Waals surface area contributed by atoms with Gasteiger partial charge in [-0.1, -0.05) is 24.3 Å². The van der Waals surface area contributed by atoms with Gasteiger partial charge in [-0.25, -0.2) is 13.4 Å². The van der Waals surface area contributed by atoms with Gasteiger partial charge < -0.3 is 15.0 Å². The van der Waals surface area contributed by atoms with E-state index in [1.807, 2.05) is 6.92 Å². The molecule has 10 nitrogen and oxygen atoms in total. The van der Waals surface area contributed by atoms with E-state index in [-0.39, 0.29) is 48.3 Å². The molecule has 2 aliphatic rings. The quantitative estimate of drug-likeness (QED) is 0.451. The molecule has 2 aromatic carbocycles. The smallest absolute Gasteiger partial charge is 0.406 e. The molecule has 1 N–H and O–H groups in total. The van der Waals surface area contributed by atoms with Crippen molar-refractivity contribution in [1.29, 1.82) is 0 Å². The first-order valence-corrected chi connectivity index (χ1v) is 14.7. The summed E-state index contributed by atoms with van der Waals surface area (Å²) in [7, 11) is -0.718. The van der Waals surface area contributed by atoms with Gasteiger partial charge in [0.15, 0.2) is 5.03 Å². The number of piperidine rings is 1. The zero-order valence-electron chi connectivity index (χ0n) is 23.5. The van der Waals surface area contributed by atoms with Crippen molar-refractivity contribution in [3.63, 3.8) is 0 Å². The fourth-order valence-electron chi connectivity index (χ4n) is 5.11. The van der Waals surface area contributed by atoms with E-state index in [1.165, 1.54) is 27.4 Å². The highest BCUT2D eigenvalue weighted by Gasteiger charge is 2.48. The highest BCUT2D eigenvalue weighted by atomic mass is 32.2. The molecule has 1 fully saturated rings. The Hall–Kier alpha value is -4.30. The van der Waals surface area contributed by atoms with Crippen LogP contribution in [0.1, 0.15) is 34.3 Å². The van der Waals surface area contributed by atoms with Gasteiger partial charge in [0, 0.05) is 43.9 Å². The van der Waals surface area contributed by atoms with Crippen molar-refractivity contribution >= 4 is 27.7 Å². The third-order valence-electron chi connectivity index (χ3n) is 7.35. The van der Waals surface area contributed by atoms with Gasteiger partial charge in [0.2, 0.25) is 0 Å². The van der Waals surface area contributed by atoms with Gasteiger partial charge in [0.25, 0.3) is 21.8 Å². The number of hydrogen-bond acceptors (Lipinski definition) is 7. The average Bonchev–Trinajstić information content (AvgIpc) is 3.27. The predicted octanol–water partition coefficient (Wildman–Crippen LogP) is 3.76. The molecule has 5 rings (SSSR count). The van der Waals surface area contributed by atoms with Crippen LogP contribution in [0.4, 0.5) is 13.2 Å². The van der Waals surface area contributed by atoms with Crippen LogP contribution >= 0.6 is 0 Å². The molecule has 1 spiro atoms. The number of aryl methyl sites for hydroxylation is 1. The normalized spacial score (nSPS) is 17.0. The number of ether oxygens (including phenoxy) is 1. The van der Waals surface area contributed by atoms with Crippen LogP contribution in [-0.2, 0) is 14.8 Å². The minimum absolute atomic E-state index is 0.0178. The molecule has 3 heterocycles. The molecule has 0 unspecified atom stereocenters. The van der Waals surface area contributed by atoms with Crippen molar-refractivity contribution in [2.75, 3.05) is 27.2 Å². The number of benzene rings is 2. The molecule has 0 radical (unpaired) electrons. The van der Waals surface area contributed by atoms with E-state index in [9.17, 15) is 31.2 Å². The summed E-state index contributed by atoms with van der Waals surface area (Å²) in [6.07, 6.45) is -4.73. The van der Waals surface area contributed by atoms with Crippen LogP contribution in [0.5, 0.6) is 5.75 Å². The van der Waals surface area contributed by atoms with Crippen LogP contribution in [0.2, 0.25) is 0 Å². The van der Waals surface area contributed by atoms with Crippen LogP contribution < -0.4 is 10.1 Å². The third kappa shape index (κ3) is 6.11. The van der Waals surface area contributed by atoms with Crippen LogP contribution in [-0.4, -0.2) is 79.3 Å². The van der Waals surface area contributed by atoms with E-state index >= 15 is 0 Å². The maximum atomic E-state index is 13.6. The highest BCUT2D eigenvalue weighted by Crippen LogP contribution is 2.34. The number of nitrogens with zero attached hydrogens (tertiary/aromatic N) is 4. The summed E-state index contributed by atoms with van der Waals surface area (Å²) in [6.45, 7) is 1.78. The maximum absolute atomic E-state index is 13.6. The number of nitrogens with one attached hydrogen (secondary N) is 1. The first-order chi connectivity index (χ1) is 20.2. The average molecular weight is 616 g/mol. The zero-order valence-corrected chi connectivity index (χ0v) is 24.3. The van der Waals surface area contributed by atoms with Crippen molar-refractivity contribution in [3.8, 4) is 17.0 Å². The molecule has 0 bridgehead atoms. The fraction of sp³-hybridized carbons (Fsp3) is 0.310. The van der Waals surface area contributed by atoms with E-state index in [2.05, 4.69) is 20.0 Å². The lowest BCUT2D eigenvalue weighted by atomic mass is 9.89. The van der Waals surface area contributed by atoms with Crippen molar-refractivity contribution in [2.45, 2.75) is 36.7 Å². The number of pyridine rings is 1. The minimum atomic E-state index is -4.87. The summed E-state index contributed by atoms with van der Waals surface area (Å²) in [5.41, 5.74) is 1.35. The van der Waals surface area contributed by atoms with E-state index in [1.54, 1.807) is 44.4 Å². The summed E-state index contributed by atoms with van der Waals surface area (Å²) in [4.78, 5) is 35.7. The first-order valence-electron chi connectivity index (χ1n) is 13.3. The third-order valence-corrected chi connectivity index (χ3v) is 9.16. The Morgan fingerprint density at radius 2 is 1.74 bits per heavy atom. The summed E-state index contributed by atoms with van der Waals surface area (Å²) < 4.78 is 70.3. The Morgan fingerprint density at radius 1 is 1.05 bits per heavy atom. The minimum Gasteiger partial charge on any atom is -0.406 e. The molecule has 1 aromatic heterocycles. The lowest BCUT2D eigenvalue weighted by molar-refractivity contribution is -0.274. The second-order valence-electron chi connectivity index (χ2n) is 10.5.